The largest absolute Gasteiger partial charge is 0.389 e. The molecule has 0 heterocycles. The van der Waals surface area contributed by atoms with Crippen molar-refractivity contribution in [1.29, 1.82) is 5.39 Å². The maximum absolute atomic E-state index is 10.6. The van der Waals surface area contributed by atoms with Gasteiger partial charge in [0.2, 0.25) is 5.39 Å². The number of hydrogen-bond donors (Lipinski definition) is 1. The Kier molecular flexibility index (Phi) is 2.32. The van der Waals surface area contributed by atoms with Crippen LogP contribution in [0.4, 0.5) is 5.69 Å². The standard InChI is InChI=1S/C7H6N2O3S/c1-5-2-3-6(13(10,11)12)4-7(5)9-8/h2-4H,1H3/p+1. The molecule has 1 N–H and O–H groups in total. The Hall–Kier alpha value is -1.45. The molecule has 0 aromatic heterocycles. The zero-order valence-electron chi connectivity index (χ0n) is 6.80. The van der Waals surface area contributed by atoms with E-state index in [0.717, 1.165) is 6.07 Å². The van der Waals surface area contributed by atoms with Crippen molar-refractivity contribution < 1.29 is 13.0 Å². The van der Waals surface area contributed by atoms with Crippen molar-refractivity contribution >= 4 is 15.8 Å². The van der Waals surface area contributed by atoms with Crippen molar-refractivity contribution in [3.8, 4) is 0 Å². The van der Waals surface area contributed by atoms with E-state index in [1.165, 1.54) is 12.1 Å². The van der Waals surface area contributed by atoms with Gasteiger partial charge in [-0.2, -0.15) is 8.42 Å². The maximum atomic E-state index is 10.6. The molecular weight excluding hydrogens is 192 g/mol. The second-order valence-corrected chi connectivity index (χ2v) is 3.94. The highest BCUT2D eigenvalue weighted by Crippen LogP contribution is 2.22. The molecule has 1 aromatic rings. The highest BCUT2D eigenvalue weighted by Gasteiger charge is 2.17. The van der Waals surface area contributed by atoms with Crippen LogP contribution >= 0.6 is 0 Å². The van der Waals surface area contributed by atoms with E-state index in [9.17, 15) is 8.42 Å². The summed E-state index contributed by atoms with van der Waals surface area (Å²) in [6, 6.07) is 3.77. The summed E-state index contributed by atoms with van der Waals surface area (Å²) in [7, 11) is -4.22. The first kappa shape index (κ1) is 9.64. The summed E-state index contributed by atoms with van der Waals surface area (Å²) in [6.45, 7) is 1.66. The summed E-state index contributed by atoms with van der Waals surface area (Å²) < 4.78 is 29.9. The van der Waals surface area contributed by atoms with E-state index in [1.54, 1.807) is 6.92 Å². The fraction of sp³-hybridized carbons (Fsp3) is 0.143. The predicted octanol–water partition coefficient (Wildman–Crippen LogP) is 1.73. The van der Waals surface area contributed by atoms with E-state index in [0.29, 0.717) is 5.56 Å². The van der Waals surface area contributed by atoms with Gasteiger partial charge in [0.25, 0.3) is 10.1 Å². The Morgan fingerprint density at radius 2 is 2.08 bits per heavy atom. The number of nitrogens with zero attached hydrogens (tertiary/aromatic N) is 2. The molecule has 1 aromatic carbocycles. The van der Waals surface area contributed by atoms with Crippen molar-refractivity contribution in [2.75, 3.05) is 0 Å². The molecule has 0 aliphatic heterocycles. The number of hydrogen-bond acceptors (Lipinski definition) is 3. The number of diazo groups is 1. The molecule has 0 amide bonds. The topological polar surface area (TPSA) is 82.5 Å². The van der Waals surface area contributed by atoms with Crippen molar-refractivity contribution in [3.63, 3.8) is 0 Å². The Morgan fingerprint density at radius 1 is 1.46 bits per heavy atom. The number of benzene rings is 1. The minimum atomic E-state index is -4.22. The smallest absolute Gasteiger partial charge is 0.282 e. The summed E-state index contributed by atoms with van der Waals surface area (Å²) >= 11 is 0. The zero-order valence-corrected chi connectivity index (χ0v) is 7.61. The summed E-state index contributed by atoms with van der Waals surface area (Å²) in [5, 5.41) is 8.46. The lowest BCUT2D eigenvalue weighted by Crippen LogP contribution is -1.97. The molecule has 0 spiro atoms. The van der Waals surface area contributed by atoms with Gasteiger partial charge in [0, 0.05) is 5.56 Å². The van der Waals surface area contributed by atoms with Gasteiger partial charge in [-0.05, 0) is 19.1 Å². The number of aryl methyl sites for hydroxylation is 1. The first-order chi connectivity index (χ1) is 5.95. The third kappa shape index (κ3) is 2.02. The molecule has 0 aliphatic rings. The summed E-state index contributed by atoms with van der Waals surface area (Å²) in [5.41, 5.74) is 0.741. The first-order valence-corrected chi connectivity index (χ1v) is 4.82. The van der Waals surface area contributed by atoms with Gasteiger partial charge in [-0.1, -0.05) is 0 Å². The fourth-order valence-electron chi connectivity index (χ4n) is 0.857. The Labute approximate surface area is 75.4 Å². The Balaban J connectivity index is 3.41. The molecule has 1 rings (SSSR count). The molecule has 0 radical (unpaired) electrons. The second-order valence-electron chi connectivity index (χ2n) is 2.52. The van der Waals surface area contributed by atoms with E-state index < -0.39 is 10.1 Å². The monoisotopic (exact) mass is 199 g/mol. The van der Waals surface area contributed by atoms with E-state index in [2.05, 4.69) is 4.98 Å². The molecule has 13 heavy (non-hydrogen) atoms. The zero-order chi connectivity index (χ0) is 10.1. The molecule has 6 heteroatoms. The summed E-state index contributed by atoms with van der Waals surface area (Å²) in [6.07, 6.45) is 0. The molecule has 0 atom stereocenters. The highest BCUT2D eigenvalue weighted by atomic mass is 32.2. The van der Waals surface area contributed by atoms with Crippen LogP contribution in [0.25, 0.3) is 4.98 Å². The molecule has 0 bridgehead atoms. The molecule has 0 fully saturated rings. The third-order valence-electron chi connectivity index (χ3n) is 1.59. The summed E-state index contributed by atoms with van der Waals surface area (Å²) in [5.74, 6) is 0. The lowest BCUT2D eigenvalue weighted by Gasteiger charge is -1.93. The SMILES string of the molecule is Cc1ccc(S(=O)(=O)O)cc1[N+]#N. The van der Waals surface area contributed by atoms with Gasteiger partial charge in [-0.3, -0.25) is 4.55 Å². The minimum absolute atomic E-state index is 0.120. The normalized spacial score (nSPS) is 10.8. The van der Waals surface area contributed by atoms with Crippen molar-refractivity contribution in [1.82, 2.24) is 0 Å². The van der Waals surface area contributed by atoms with E-state index in [1.807, 2.05) is 0 Å². The molecule has 5 nitrogen and oxygen atoms in total. The molecule has 68 valence electrons. The van der Waals surface area contributed by atoms with Crippen LogP contribution in [-0.4, -0.2) is 13.0 Å². The molecule has 0 saturated carbocycles. The quantitative estimate of drug-likeness (QED) is 0.551. The van der Waals surface area contributed by atoms with Crippen LogP contribution in [-0.2, 0) is 10.1 Å². The van der Waals surface area contributed by atoms with Gasteiger partial charge in [0.1, 0.15) is 4.90 Å². The molecule has 0 saturated heterocycles. The lowest BCUT2D eigenvalue weighted by molar-refractivity contribution is 0.483. The summed E-state index contributed by atoms with van der Waals surface area (Å²) in [4.78, 5) is 2.58. The average Bonchev–Trinajstić information content (AvgIpc) is 2.03. The van der Waals surface area contributed by atoms with Crippen molar-refractivity contribution in [2.24, 2.45) is 0 Å². The molecule has 0 aliphatic carbocycles. The van der Waals surface area contributed by atoms with Gasteiger partial charge >= 0.3 is 5.69 Å². The Morgan fingerprint density at radius 3 is 2.54 bits per heavy atom. The highest BCUT2D eigenvalue weighted by molar-refractivity contribution is 7.85. The number of rotatable bonds is 1. The van der Waals surface area contributed by atoms with Crippen LogP contribution in [0.3, 0.4) is 0 Å². The Bertz CT molecular complexity index is 473. The molecule has 0 unspecified atom stereocenters. The lowest BCUT2D eigenvalue weighted by atomic mass is 10.2. The van der Waals surface area contributed by atoms with Gasteiger partial charge in [-0.15, -0.1) is 0 Å². The van der Waals surface area contributed by atoms with Crippen molar-refractivity contribution in [3.05, 3.63) is 28.7 Å². The molecular formula is C7H7N2O3S+. The second kappa shape index (κ2) is 3.12. The van der Waals surface area contributed by atoms with E-state index >= 15 is 0 Å². The van der Waals surface area contributed by atoms with Crippen LogP contribution in [0.2, 0.25) is 0 Å². The maximum Gasteiger partial charge on any atom is 0.389 e. The average molecular weight is 199 g/mol. The third-order valence-corrected chi connectivity index (χ3v) is 2.44. The fourth-order valence-corrected chi connectivity index (χ4v) is 1.36. The van der Waals surface area contributed by atoms with Gasteiger partial charge in [-0.25, -0.2) is 0 Å². The van der Waals surface area contributed by atoms with Gasteiger partial charge in [0.05, 0.1) is 6.07 Å². The van der Waals surface area contributed by atoms with Gasteiger partial charge in [0.15, 0.2) is 4.98 Å². The van der Waals surface area contributed by atoms with E-state index in [4.69, 9.17) is 9.95 Å². The van der Waals surface area contributed by atoms with E-state index in [-0.39, 0.29) is 10.6 Å². The van der Waals surface area contributed by atoms with Crippen LogP contribution in [0.5, 0.6) is 0 Å². The first-order valence-electron chi connectivity index (χ1n) is 3.38. The van der Waals surface area contributed by atoms with Crippen LogP contribution in [0, 0.1) is 12.3 Å². The van der Waals surface area contributed by atoms with Crippen LogP contribution < -0.4 is 0 Å². The van der Waals surface area contributed by atoms with Crippen molar-refractivity contribution in [2.45, 2.75) is 11.8 Å². The minimum Gasteiger partial charge on any atom is -0.282 e. The predicted molar refractivity (Wildman–Crippen MR) is 45.7 cm³/mol. The van der Waals surface area contributed by atoms with Gasteiger partial charge < -0.3 is 0 Å². The van der Waals surface area contributed by atoms with Crippen LogP contribution in [0.1, 0.15) is 5.56 Å². The van der Waals surface area contributed by atoms with Crippen LogP contribution in [0.15, 0.2) is 23.1 Å².